The Morgan fingerprint density at radius 1 is 1.42 bits per heavy atom. The van der Waals surface area contributed by atoms with Gasteiger partial charge in [-0.2, -0.15) is 5.10 Å². The Hall–Kier alpha value is -1.77. The van der Waals surface area contributed by atoms with Crippen molar-refractivity contribution >= 4 is 10.9 Å². The van der Waals surface area contributed by atoms with E-state index in [1.54, 1.807) is 0 Å². The summed E-state index contributed by atoms with van der Waals surface area (Å²) in [6.45, 7) is 8.72. The minimum atomic E-state index is 0.756. The van der Waals surface area contributed by atoms with Crippen LogP contribution in [0.2, 0.25) is 0 Å². The average molecular weight is 258 g/mol. The fraction of sp³-hybridized carbons (Fsp3) is 0.438. The molecule has 2 aromatic rings. The number of nitrogens with zero attached hydrogens (tertiary/aromatic N) is 2. The van der Waals surface area contributed by atoms with Gasteiger partial charge in [0.05, 0.1) is 17.8 Å². The van der Waals surface area contributed by atoms with E-state index in [0.717, 1.165) is 37.3 Å². The second kappa shape index (κ2) is 5.91. The van der Waals surface area contributed by atoms with Crippen LogP contribution in [0, 0.1) is 6.92 Å². The van der Waals surface area contributed by atoms with Gasteiger partial charge in [0.25, 0.3) is 0 Å². The number of aromatic nitrogens is 2. The van der Waals surface area contributed by atoms with Gasteiger partial charge < -0.3 is 4.74 Å². The third kappa shape index (κ3) is 2.80. The van der Waals surface area contributed by atoms with Crippen LogP contribution < -0.4 is 4.74 Å². The van der Waals surface area contributed by atoms with Gasteiger partial charge in [-0.1, -0.05) is 13.0 Å². The first kappa shape index (κ1) is 13.7. The molecule has 1 heterocycles. The summed E-state index contributed by atoms with van der Waals surface area (Å²) in [5.74, 6) is 0.949. The molecule has 19 heavy (non-hydrogen) atoms. The number of benzene rings is 1. The molecule has 1 aromatic carbocycles. The summed E-state index contributed by atoms with van der Waals surface area (Å²) in [4.78, 5) is 0. The van der Waals surface area contributed by atoms with Crippen LogP contribution >= 0.6 is 0 Å². The summed E-state index contributed by atoms with van der Waals surface area (Å²) < 4.78 is 7.75. The third-order valence-corrected chi connectivity index (χ3v) is 3.27. The zero-order valence-electron chi connectivity index (χ0n) is 12.1. The first-order chi connectivity index (χ1) is 9.17. The molecule has 0 atom stereocenters. The van der Waals surface area contributed by atoms with Crippen molar-refractivity contribution in [3.63, 3.8) is 0 Å². The van der Waals surface area contributed by atoms with Crippen molar-refractivity contribution < 1.29 is 4.74 Å². The summed E-state index contributed by atoms with van der Waals surface area (Å²) in [6.07, 6.45) is 4.92. The second-order valence-corrected chi connectivity index (χ2v) is 4.86. The lowest BCUT2D eigenvalue weighted by Gasteiger charge is -2.09. The van der Waals surface area contributed by atoms with Gasteiger partial charge in [0.2, 0.25) is 0 Å². The first-order valence-electron chi connectivity index (χ1n) is 6.87. The average Bonchev–Trinajstić information content (AvgIpc) is 2.69. The Kier molecular flexibility index (Phi) is 4.25. The number of fused-ring (bicyclic) bond motifs is 1. The zero-order chi connectivity index (χ0) is 13.8. The standard InChI is InChI=1S/C16H22N2O/c1-5-7-8-13-10-14(19-9-6-2)11-15-12(3)17-18(4)16(13)15/h5,10-11H,1,6-9H2,2-4H3. The van der Waals surface area contributed by atoms with Crippen molar-refractivity contribution in [3.8, 4) is 5.75 Å². The van der Waals surface area contributed by atoms with Gasteiger partial charge in [-0.25, -0.2) is 0 Å². The molecule has 0 N–H and O–H groups in total. The van der Waals surface area contributed by atoms with Crippen LogP contribution in [-0.2, 0) is 13.5 Å². The predicted octanol–water partition coefficient (Wildman–Crippen LogP) is 3.79. The lowest BCUT2D eigenvalue weighted by Crippen LogP contribution is -1.98. The molecule has 2 rings (SSSR count). The SMILES string of the molecule is C=CCCc1cc(OCCC)cc2c(C)nn(C)c12. The van der Waals surface area contributed by atoms with Crippen LogP contribution in [0.25, 0.3) is 10.9 Å². The number of aryl methyl sites for hydroxylation is 3. The maximum absolute atomic E-state index is 5.79. The van der Waals surface area contributed by atoms with Crippen molar-refractivity contribution in [1.82, 2.24) is 9.78 Å². The molecule has 0 aliphatic rings. The number of hydrogen-bond acceptors (Lipinski definition) is 2. The quantitative estimate of drug-likeness (QED) is 0.737. The van der Waals surface area contributed by atoms with Crippen LogP contribution in [0.15, 0.2) is 24.8 Å². The second-order valence-electron chi connectivity index (χ2n) is 4.86. The fourth-order valence-electron chi connectivity index (χ4n) is 2.40. The van der Waals surface area contributed by atoms with Gasteiger partial charge in [-0.15, -0.1) is 6.58 Å². The molecule has 0 radical (unpaired) electrons. The number of allylic oxidation sites excluding steroid dienone is 1. The molecule has 0 unspecified atom stereocenters. The first-order valence-corrected chi connectivity index (χ1v) is 6.87. The van der Waals surface area contributed by atoms with Crippen molar-refractivity contribution in [3.05, 3.63) is 36.0 Å². The topological polar surface area (TPSA) is 27.1 Å². The molecule has 3 heteroatoms. The van der Waals surface area contributed by atoms with Gasteiger partial charge >= 0.3 is 0 Å². The van der Waals surface area contributed by atoms with Crippen LogP contribution in [0.5, 0.6) is 5.75 Å². The van der Waals surface area contributed by atoms with E-state index < -0.39 is 0 Å². The van der Waals surface area contributed by atoms with Gasteiger partial charge in [-0.3, -0.25) is 4.68 Å². The highest BCUT2D eigenvalue weighted by Crippen LogP contribution is 2.28. The largest absolute Gasteiger partial charge is 0.494 e. The third-order valence-electron chi connectivity index (χ3n) is 3.27. The Morgan fingerprint density at radius 3 is 2.89 bits per heavy atom. The summed E-state index contributed by atoms with van der Waals surface area (Å²) >= 11 is 0. The lowest BCUT2D eigenvalue weighted by molar-refractivity contribution is 0.317. The zero-order valence-corrected chi connectivity index (χ0v) is 12.1. The molecule has 0 saturated heterocycles. The van der Waals surface area contributed by atoms with Crippen molar-refractivity contribution in [2.45, 2.75) is 33.1 Å². The summed E-state index contributed by atoms with van der Waals surface area (Å²) in [6, 6.07) is 4.24. The fourth-order valence-corrected chi connectivity index (χ4v) is 2.40. The molecule has 0 amide bonds. The van der Waals surface area contributed by atoms with E-state index in [1.807, 2.05) is 24.7 Å². The van der Waals surface area contributed by atoms with Gasteiger partial charge in [0.15, 0.2) is 0 Å². The molecule has 0 spiro atoms. The Labute approximate surface area is 114 Å². The highest BCUT2D eigenvalue weighted by Gasteiger charge is 2.12. The Morgan fingerprint density at radius 2 is 2.21 bits per heavy atom. The normalized spacial score (nSPS) is 10.9. The van der Waals surface area contributed by atoms with E-state index in [1.165, 1.54) is 16.5 Å². The van der Waals surface area contributed by atoms with Crippen molar-refractivity contribution in [1.29, 1.82) is 0 Å². The van der Waals surface area contributed by atoms with E-state index in [2.05, 4.69) is 30.7 Å². The van der Waals surface area contributed by atoms with Crippen LogP contribution in [0.1, 0.15) is 31.0 Å². The van der Waals surface area contributed by atoms with Gasteiger partial charge in [-0.05, 0) is 43.9 Å². The van der Waals surface area contributed by atoms with Crippen LogP contribution in [0.4, 0.5) is 0 Å². The monoisotopic (exact) mass is 258 g/mol. The van der Waals surface area contributed by atoms with Crippen LogP contribution in [-0.4, -0.2) is 16.4 Å². The molecule has 0 aliphatic carbocycles. The summed E-state index contributed by atoms with van der Waals surface area (Å²) in [7, 11) is 2.00. The number of hydrogen-bond donors (Lipinski definition) is 0. The molecule has 3 nitrogen and oxygen atoms in total. The highest BCUT2D eigenvalue weighted by molar-refractivity contribution is 5.86. The van der Waals surface area contributed by atoms with Crippen LogP contribution in [0.3, 0.4) is 0 Å². The molecule has 0 aliphatic heterocycles. The molecule has 1 aromatic heterocycles. The van der Waals surface area contributed by atoms with E-state index in [9.17, 15) is 0 Å². The Bertz CT molecular complexity index is 584. The van der Waals surface area contributed by atoms with Gasteiger partial charge in [0.1, 0.15) is 5.75 Å². The molecular weight excluding hydrogens is 236 g/mol. The van der Waals surface area contributed by atoms with E-state index in [0.29, 0.717) is 0 Å². The molecule has 102 valence electrons. The molecular formula is C16H22N2O. The summed E-state index contributed by atoms with van der Waals surface area (Å²) in [5, 5.41) is 5.71. The molecule has 0 fully saturated rings. The molecule has 0 saturated carbocycles. The van der Waals surface area contributed by atoms with Crippen molar-refractivity contribution in [2.75, 3.05) is 6.61 Å². The highest BCUT2D eigenvalue weighted by atomic mass is 16.5. The Balaban J connectivity index is 2.50. The maximum Gasteiger partial charge on any atom is 0.120 e. The smallest absolute Gasteiger partial charge is 0.120 e. The minimum Gasteiger partial charge on any atom is -0.494 e. The van der Waals surface area contributed by atoms with E-state index in [4.69, 9.17) is 4.74 Å². The lowest BCUT2D eigenvalue weighted by atomic mass is 10.0. The maximum atomic E-state index is 5.79. The predicted molar refractivity (Wildman–Crippen MR) is 79.8 cm³/mol. The van der Waals surface area contributed by atoms with E-state index in [-0.39, 0.29) is 0 Å². The van der Waals surface area contributed by atoms with Crippen molar-refractivity contribution in [2.24, 2.45) is 7.05 Å². The van der Waals surface area contributed by atoms with Gasteiger partial charge in [0, 0.05) is 12.4 Å². The molecule has 0 bridgehead atoms. The minimum absolute atomic E-state index is 0.756. The number of ether oxygens (including phenoxy) is 1. The van der Waals surface area contributed by atoms with E-state index >= 15 is 0 Å². The summed E-state index contributed by atoms with van der Waals surface area (Å²) in [5.41, 5.74) is 3.55. The number of rotatable bonds is 6.